The van der Waals surface area contributed by atoms with Crippen LogP contribution in [0, 0.1) is 0 Å². The van der Waals surface area contributed by atoms with E-state index in [1.165, 1.54) is 76.8 Å². The Labute approximate surface area is 322 Å². The van der Waals surface area contributed by atoms with E-state index in [1.807, 2.05) is 0 Å². The van der Waals surface area contributed by atoms with Gasteiger partial charge >= 0.3 is 0 Å². The van der Waals surface area contributed by atoms with Gasteiger partial charge in [-0.3, -0.25) is 0 Å². The van der Waals surface area contributed by atoms with Crippen molar-refractivity contribution in [3.05, 3.63) is 224 Å². The van der Waals surface area contributed by atoms with Crippen LogP contribution in [0.4, 0.5) is 17.1 Å². The lowest BCUT2D eigenvalue weighted by Gasteiger charge is -2.29. The van der Waals surface area contributed by atoms with E-state index in [9.17, 15) is 0 Å². The predicted molar refractivity (Wildman–Crippen MR) is 235 cm³/mol. The molecule has 0 bridgehead atoms. The first-order valence-electron chi connectivity index (χ1n) is 18.9. The molecule has 1 nitrogen and oxygen atoms in total. The quantitative estimate of drug-likeness (QED) is 0.150. The number of hydrogen-bond acceptors (Lipinski definition) is 1. The molecule has 0 amide bonds. The fourth-order valence-corrected chi connectivity index (χ4v) is 8.17. The van der Waals surface area contributed by atoms with Gasteiger partial charge in [0.1, 0.15) is 0 Å². The van der Waals surface area contributed by atoms with E-state index in [1.54, 1.807) is 0 Å². The van der Waals surface area contributed by atoms with Crippen LogP contribution in [0.5, 0.6) is 0 Å². The van der Waals surface area contributed by atoms with E-state index >= 15 is 0 Å². The number of rotatable bonds is 7. The van der Waals surface area contributed by atoms with Gasteiger partial charge in [0.05, 0.1) is 5.69 Å². The van der Waals surface area contributed by atoms with Crippen molar-refractivity contribution in [3.63, 3.8) is 0 Å². The molecule has 10 aromatic rings. The second-order valence-electron chi connectivity index (χ2n) is 14.1. The van der Waals surface area contributed by atoms with Crippen LogP contribution < -0.4 is 4.90 Å². The summed E-state index contributed by atoms with van der Waals surface area (Å²) in [5.41, 5.74) is 13.0. The van der Waals surface area contributed by atoms with Crippen molar-refractivity contribution >= 4 is 49.4 Å². The maximum absolute atomic E-state index is 2.43. The van der Waals surface area contributed by atoms with Crippen molar-refractivity contribution in [1.29, 1.82) is 0 Å². The molecule has 0 aliphatic heterocycles. The second kappa shape index (κ2) is 14.0. The predicted octanol–water partition coefficient (Wildman–Crippen LogP) is 15.3. The van der Waals surface area contributed by atoms with Crippen molar-refractivity contribution in [1.82, 2.24) is 0 Å². The summed E-state index contributed by atoms with van der Waals surface area (Å²) in [6.07, 6.45) is 0. The third-order valence-electron chi connectivity index (χ3n) is 10.9. The maximum Gasteiger partial charge on any atom is 0.0540 e. The smallest absolute Gasteiger partial charge is 0.0540 e. The van der Waals surface area contributed by atoms with Gasteiger partial charge in [-0.05, 0) is 108 Å². The van der Waals surface area contributed by atoms with Crippen molar-refractivity contribution in [2.45, 2.75) is 0 Å². The molecular weight excluding hydrogens is 663 g/mol. The molecule has 55 heavy (non-hydrogen) atoms. The largest absolute Gasteiger partial charge is 0.310 e. The Bertz CT molecular complexity index is 2960. The van der Waals surface area contributed by atoms with E-state index in [0.29, 0.717) is 0 Å². The molecule has 0 fully saturated rings. The van der Waals surface area contributed by atoms with Gasteiger partial charge in [-0.25, -0.2) is 0 Å². The zero-order valence-corrected chi connectivity index (χ0v) is 30.3. The SMILES string of the molecule is c1ccc(-c2ccc(-c3ccc(N(c4ccc5ccc6ccccc6c5c4)c4ccccc4-c4cccc5ccccc45)cc3)cc2-c2ccccc2)cc1. The number of benzene rings is 10. The van der Waals surface area contributed by atoms with Gasteiger partial charge in [-0.2, -0.15) is 0 Å². The molecule has 10 aromatic carbocycles. The van der Waals surface area contributed by atoms with Crippen LogP contribution in [0.15, 0.2) is 224 Å². The summed E-state index contributed by atoms with van der Waals surface area (Å²) in [5.74, 6) is 0. The van der Waals surface area contributed by atoms with E-state index in [-0.39, 0.29) is 0 Å². The molecule has 0 aliphatic carbocycles. The Balaban J connectivity index is 1.14. The fourth-order valence-electron chi connectivity index (χ4n) is 8.17. The number of para-hydroxylation sites is 1. The standard InChI is InChI=1S/C54H37N/c1-3-14-39(15-4-1)49-35-31-44(36-52(49)41-16-5-2-6-17-41)38-28-32-45(33-29-38)55(46-34-30-43-27-26-42-19-8-10-22-48(42)53(43)37-46)54-25-12-11-23-51(54)50-24-13-20-40-18-7-9-21-47(40)50/h1-37H. The molecule has 1 heteroatoms. The van der Waals surface area contributed by atoms with Crippen molar-refractivity contribution in [3.8, 4) is 44.5 Å². The molecule has 0 saturated carbocycles. The van der Waals surface area contributed by atoms with E-state index in [0.717, 1.165) is 17.1 Å². The van der Waals surface area contributed by atoms with Gasteiger partial charge in [0.2, 0.25) is 0 Å². The summed E-state index contributed by atoms with van der Waals surface area (Å²) in [6, 6.07) is 81.5. The third-order valence-corrected chi connectivity index (χ3v) is 10.9. The summed E-state index contributed by atoms with van der Waals surface area (Å²) in [5, 5.41) is 7.45. The first kappa shape index (κ1) is 32.4. The monoisotopic (exact) mass is 699 g/mol. The van der Waals surface area contributed by atoms with Gasteiger partial charge in [0.25, 0.3) is 0 Å². The fraction of sp³-hybridized carbons (Fsp3) is 0. The lowest BCUT2D eigenvalue weighted by molar-refractivity contribution is 1.29. The molecule has 10 rings (SSSR count). The highest BCUT2D eigenvalue weighted by atomic mass is 15.1. The number of nitrogens with zero attached hydrogens (tertiary/aromatic N) is 1. The van der Waals surface area contributed by atoms with E-state index in [2.05, 4.69) is 229 Å². The lowest BCUT2D eigenvalue weighted by Crippen LogP contribution is -2.11. The van der Waals surface area contributed by atoms with Crippen LogP contribution in [-0.2, 0) is 0 Å². The lowest BCUT2D eigenvalue weighted by atomic mass is 9.91. The van der Waals surface area contributed by atoms with Crippen LogP contribution in [-0.4, -0.2) is 0 Å². The highest BCUT2D eigenvalue weighted by Crippen LogP contribution is 2.44. The van der Waals surface area contributed by atoms with Crippen LogP contribution in [0.1, 0.15) is 0 Å². The minimum atomic E-state index is 1.10. The Morgan fingerprint density at radius 3 is 1.53 bits per heavy atom. The minimum absolute atomic E-state index is 1.10. The van der Waals surface area contributed by atoms with Crippen LogP contribution in [0.3, 0.4) is 0 Å². The number of anilines is 3. The molecule has 258 valence electrons. The zero-order chi connectivity index (χ0) is 36.6. The van der Waals surface area contributed by atoms with Gasteiger partial charge in [-0.15, -0.1) is 0 Å². The summed E-state index contributed by atoms with van der Waals surface area (Å²) in [7, 11) is 0. The van der Waals surface area contributed by atoms with Crippen molar-refractivity contribution in [2.75, 3.05) is 4.90 Å². The van der Waals surface area contributed by atoms with E-state index in [4.69, 9.17) is 0 Å². The zero-order valence-electron chi connectivity index (χ0n) is 30.3. The molecule has 0 spiro atoms. The van der Waals surface area contributed by atoms with Gasteiger partial charge < -0.3 is 4.90 Å². The van der Waals surface area contributed by atoms with E-state index < -0.39 is 0 Å². The molecule has 0 heterocycles. The molecule has 0 saturated heterocycles. The molecule has 0 atom stereocenters. The van der Waals surface area contributed by atoms with Gasteiger partial charge in [0, 0.05) is 16.9 Å². The molecule has 0 radical (unpaired) electrons. The summed E-state index contributed by atoms with van der Waals surface area (Å²) >= 11 is 0. The molecule has 0 aromatic heterocycles. The summed E-state index contributed by atoms with van der Waals surface area (Å²) in [6.45, 7) is 0. The van der Waals surface area contributed by atoms with Gasteiger partial charge in [-0.1, -0.05) is 188 Å². The number of fused-ring (bicyclic) bond motifs is 4. The Kier molecular flexibility index (Phi) is 8.24. The Morgan fingerprint density at radius 2 is 0.764 bits per heavy atom. The van der Waals surface area contributed by atoms with Crippen molar-refractivity contribution in [2.24, 2.45) is 0 Å². The van der Waals surface area contributed by atoms with Crippen LogP contribution in [0.2, 0.25) is 0 Å². The third kappa shape index (κ3) is 6.02. The first-order chi connectivity index (χ1) is 27.3. The molecule has 0 N–H and O–H groups in total. The second-order valence-corrected chi connectivity index (χ2v) is 14.1. The van der Waals surface area contributed by atoms with Crippen LogP contribution in [0.25, 0.3) is 76.8 Å². The average molecular weight is 700 g/mol. The highest BCUT2D eigenvalue weighted by Gasteiger charge is 2.19. The van der Waals surface area contributed by atoms with Crippen molar-refractivity contribution < 1.29 is 0 Å². The first-order valence-corrected chi connectivity index (χ1v) is 18.9. The Hall–Kier alpha value is -7.22. The molecule has 0 aliphatic rings. The highest BCUT2D eigenvalue weighted by molar-refractivity contribution is 6.09. The normalized spacial score (nSPS) is 11.3. The number of hydrogen-bond donors (Lipinski definition) is 0. The molecular formula is C54H37N. The maximum atomic E-state index is 2.43. The topological polar surface area (TPSA) is 3.24 Å². The summed E-state index contributed by atoms with van der Waals surface area (Å²) < 4.78 is 0. The Morgan fingerprint density at radius 1 is 0.236 bits per heavy atom. The summed E-state index contributed by atoms with van der Waals surface area (Å²) in [4.78, 5) is 2.43. The van der Waals surface area contributed by atoms with Gasteiger partial charge in [0.15, 0.2) is 0 Å². The van der Waals surface area contributed by atoms with Crippen LogP contribution >= 0.6 is 0 Å². The molecule has 0 unspecified atom stereocenters. The average Bonchev–Trinajstić information content (AvgIpc) is 3.27. The minimum Gasteiger partial charge on any atom is -0.310 e.